The lowest BCUT2D eigenvalue weighted by Gasteiger charge is -2.29. The summed E-state index contributed by atoms with van der Waals surface area (Å²) in [6, 6.07) is 31.1. The number of rotatable bonds is 8. The summed E-state index contributed by atoms with van der Waals surface area (Å²) in [6.45, 7) is 1.73. The second-order valence-electron chi connectivity index (χ2n) is 8.10. The summed E-state index contributed by atoms with van der Waals surface area (Å²) in [5.41, 5.74) is 4.47. The Morgan fingerprint density at radius 1 is 0.879 bits per heavy atom. The maximum absolute atomic E-state index is 5.83. The minimum atomic E-state index is -0.0156. The topological polar surface area (TPSA) is 45.1 Å². The summed E-state index contributed by atoms with van der Waals surface area (Å²) in [4.78, 5) is 6.97. The Labute approximate surface area is 200 Å². The monoisotopic (exact) mass is 453 g/mol. The number of pyridine rings is 1. The van der Waals surface area contributed by atoms with E-state index in [0.29, 0.717) is 0 Å². The summed E-state index contributed by atoms with van der Waals surface area (Å²) in [7, 11) is 0. The molecule has 1 aliphatic rings. The van der Waals surface area contributed by atoms with Crippen molar-refractivity contribution in [2.75, 3.05) is 18.4 Å². The number of hydrogen-bond acceptors (Lipinski definition) is 3. The lowest BCUT2D eigenvalue weighted by molar-refractivity contribution is 0.307. The highest BCUT2D eigenvalue weighted by atomic mass is 32.1. The summed E-state index contributed by atoms with van der Waals surface area (Å²) < 4.78 is 2.26. The molecule has 3 heterocycles. The molecule has 6 heteroatoms. The number of para-hydroxylation sites is 2. The third-order valence-electron chi connectivity index (χ3n) is 5.99. The van der Waals surface area contributed by atoms with Crippen molar-refractivity contribution in [2.24, 2.45) is 0 Å². The third kappa shape index (κ3) is 4.61. The third-order valence-corrected chi connectivity index (χ3v) is 6.35. The molecule has 0 unspecified atom stereocenters. The van der Waals surface area contributed by atoms with Gasteiger partial charge in [0, 0.05) is 42.6 Å². The van der Waals surface area contributed by atoms with E-state index in [1.165, 1.54) is 5.69 Å². The van der Waals surface area contributed by atoms with Gasteiger partial charge >= 0.3 is 0 Å². The predicted molar refractivity (Wildman–Crippen MR) is 137 cm³/mol. The van der Waals surface area contributed by atoms with Crippen LogP contribution >= 0.6 is 12.2 Å². The number of hydrogen-bond donors (Lipinski definition) is 2. The SMILES string of the molecule is S=C1N[C@@H](c2ccccn2)[C@@H](c2cccn2-c2ccccc2)N1CCCNc1ccccc1. The van der Waals surface area contributed by atoms with Gasteiger partial charge in [0.15, 0.2) is 5.11 Å². The van der Waals surface area contributed by atoms with Crippen LogP contribution in [0.4, 0.5) is 5.69 Å². The van der Waals surface area contributed by atoms with Gasteiger partial charge in [-0.3, -0.25) is 4.98 Å². The van der Waals surface area contributed by atoms with Gasteiger partial charge in [0.05, 0.1) is 17.8 Å². The molecule has 1 fully saturated rings. The van der Waals surface area contributed by atoms with Crippen LogP contribution in [0, 0.1) is 0 Å². The molecule has 166 valence electrons. The lowest BCUT2D eigenvalue weighted by Crippen LogP contribution is -2.32. The van der Waals surface area contributed by atoms with Crippen LogP contribution in [0.5, 0.6) is 0 Å². The summed E-state index contributed by atoms with van der Waals surface area (Å²) in [5.74, 6) is 0. The first-order valence-electron chi connectivity index (χ1n) is 11.3. The highest BCUT2D eigenvalue weighted by Gasteiger charge is 2.40. The van der Waals surface area contributed by atoms with Gasteiger partial charge in [0.2, 0.25) is 0 Å². The number of aromatic nitrogens is 2. The van der Waals surface area contributed by atoms with Crippen LogP contribution in [0.2, 0.25) is 0 Å². The van der Waals surface area contributed by atoms with Crippen LogP contribution in [0.3, 0.4) is 0 Å². The van der Waals surface area contributed by atoms with Crippen molar-refractivity contribution in [2.45, 2.75) is 18.5 Å². The second kappa shape index (κ2) is 9.88. The molecule has 2 N–H and O–H groups in total. The zero-order chi connectivity index (χ0) is 22.5. The number of thiocarbonyl (C=S) groups is 1. The lowest BCUT2D eigenvalue weighted by atomic mass is 10.0. The molecular formula is C27H27N5S. The van der Waals surface area contributed by atoms with E-state index < -0.39 is 0 Å². The van der Waals surface area contributed by atoms with E-state index in [9.17, 15) is 0 Å². The highest BCUT2D eigenvalue weighted by molar-refractivity contribution is 7.80. The van der Waals surface area contributed by atoms with Crippen molar-refractivity contribution in [1.29, 1.82) is 0 Å². The fraction of sp³-hybridized carbons (Fsp3) is 0.185. The van der Waals surface area contributed by atoms with E-state index in [1.807, 2.05) is 42.6 Å². The molecule has 0 radical (unpaired) electrons. The minimum absolute atomic E-state index is 0.0156. The van der Waals surface area contributed by atoms with Crippen molar-refractivity contribution in [3.8, 4) is 5.69 Å². The van der Waals surface area contributed by atoms with Crippen LogP contribution in [-0.4, -0.2) is 32.7 Å². The maximum atomic E-state index is 5.83. The van der Waals surface area contributed by atoms with Gasteiger partial charge in [-0.1, -0.05) is 42.5 Å². The maximum Gasteiger partial charge on any atom is 0.170 e. The summed E-state index contributed by atoms with van der Waals surface area (Å²) in [6.07, 6.45) is 4.94. The minimum Gasteiger partial charge on any atom is -0.385 e. The molecule has 5 rings (SSSR count). The highest BCUT2D eigenvalue weighted by Crippen LogP contribution is 2.39. The Morgan fingerprint density at radius 2 is 1.64 bits per heavy atom. The fourth-order valence-corrected chi connectivity index (χ4v) is 4.80. The molecule has 0 aliphatic carbocycles. The quantitative estimate of drug-likeness (QED) is 0.278. The van der Waals surface area contributed by atoms with Crippen molar-refractivity contribution >= 4 is 23.0 Å². The van der Waals surface area contributed by atoms with Gasteiger partial charge in [0.25, 0.3) is 0 Å². The standard InChI is InChI=1S/C27H27N5S/c33-27-30-25(23-15-7-8-17-29-23)26(24-16-9-19-31(24)22-13-5-2-6-14-22)32(27)20-10-18-28-21-11-3-1-4-12-21/h1-9,11-17,19,25-26,28H,10,18,20H2,(H,30,33)/t25-,26+/m0/s1. The number of nitrogens with zero attached hydrogens (tertiary/aromatic N) is 3. The van der Waals surface area contributed by atoms with Gasteiger partial charge < -0.3 is 20.1 Å². The molecule has 0 spiro atoms. The Balaban J connectivity index is 1.41. The molecule has 5 nitrogen and oxygen atoms in total. The Morgan fingerprint density at radius 3 is 2.39 bits per heavy atom. The van der Waals surface area contributed by atoms with Crippen LogP contribution in [0.1, 0.15) is 29.9 Å². The molecule has 4 aromatic rings. The number of nitrogens with one attached hydrogen (secondary N) is 2. The van der Waals surface area contributed by atoms with E-state index >= 15 is 0 Å². The van der Waals surface area contributed by atoms with Crippen LogP contribution in [-0.2, 0) is 0 Å². The predicted octanol–water partition coefficient (Wildman–Crippen LogP) is 5.35. The molecule has 2 atom stereocenters. The summed E-state index contributed by atoms with van der Waals surface area (Å²) >= 11 is 5.83. The molecule has 33 heavy (non-hydrogen) atoms. The zero-order valence-corrected chi connectivity index (χ0v) is 19.2. The average molecular weight is 454 g/mol. The fourth-order valence-electron chi connectivity index (χ4n) is 4.46. The average Bonchev–Trinajstić information content (AvgIpc) is 3.48. The molecule has 2 aromatic carbocycles. The van der Waals surface area contributed by atoms with E-state index in [1.54, 1.807) is 0 Å². The van der Waals surface area contributed by atoms with Crippen LogP contribution in [0.25, 0.3) is 5.69 Å². The molecule has 2 aromatic heterocycles. The molecule has 0 bridgehead atoms. The van der Waals surface area contributed by atoms with Crippen molar-refractivity contribution in [3.05, 3.63) is 115 Å². The normalized spacial score (nSPS) is 17.7. The molecular weight excluding hydrogens is 426 g/mol. The first-order valence-corrected chi connectivity index (χ1v) is 11.7. The largest absolute Gasteiger partial charge is 0.385 e. The molecule has 1 saturated heterocycles. The summed E-state index contributed by atoms with van der Waals surface area (Å²) in [5, 5.41) is 7.84. The Bertz CT molecular complexity index is 1180. The van der Waals surface area contributed by atoms with Crippen LogP contribution in [0.15, 0.2) is 103 Å². The smallest absolute Gasteiger partial charge is 0.170 e. The number of anilines is 1. The Kier molecular flexibility index (Phi) is 6.35. The molecule has 1 aliphatic heterocycles. The van der Waals surface area contributed by atoms with Gasteiger partial charge in [-0.15, -0.1) is 0 Å². The van der Waals surface area contributed by atoms with Crippen LogP contribution < -0.4 is 10.6 Å². The van der Waals surface area contributed by atoms with Crippen molar-refractivity contribution < 1.29 is 0 Å². The van der Waals surface area contributed by atoms with Gasteiger partial charge in [-0.25, -0.2) is 0 Å². The van der Waals surface area contributed by atoms with Crippen molar-refractivity contribution in [3.63, 3.8) is 0 Å². The van der Waals surface area contributed by atoms with E-state index in [2.05, 4.69) is 85.9 Å². The second-order valence-corrected chi connectivity index (χ2v) is 8.49. The molecule has 0 saturated carbocycles. The van der Waals surface area contributed by atoms with E-state index in [4.69, 9.17) is 12.2 Å². The van der Waals surface area contributed by atoms with Gasteiger partial charge in [-0.05, 0) is 67.2 Å². The Hall–Kier alpha value is -3.64. The van der Waals surface area contributed by atoms with Crippen molar-refractivity contribution in [1.82, 2.24) is 19.8 Å². The van der Waals surface area contributed by atoms with E-state index in [0.717, 1.165) is 41.7 Å². The first-order chi connectivity index (χ1) is 16.3. The molecule has 0 amide bonds. The first kappa shape index (κ1) is 21.2. The zero-order valence-electron chi connectivity index (χ0n) is 18.3. The number of benzene rings is 2. The van der Waals surface area contributed by atoms with Gasteiger partial charge in [0.1, 0.15) is 0 Å². The van der Waals surface area contributed by atoms with Gasteiger partial charge in [-0.2, -0.15) is 0 Å². The van der Waals surface area contributed by atoms with E-state index in [-0.39, 0.29) is 12.1 Å².